The number of anilines is 1. The number of terminal acetylenes is 1. The molecule has 7 aliphatic heterocycles. The molecule has 2 N–H and O–H groups in total. The van der Waals surface area contributed by atoms with Gasteiger partial charge in [-0.2, -0.15) is 9.97 Å². The molecule has 13 rings (SSSR count). The zero-order valence-electron chi connectivity index (χ0n) is 45.2. The molecule has 0 spiro atoms. The Balaban J connectivity index is 0.000000159. The number of imide groups is 1. The van der Waals surface area contributed by atoms with Gasteiger partial charge in [-0.15, -0.1) is 6.42 Å². The Morgan fingerprint density at radius 2 is 1.59 bits per heavy atom. The molecule has 17 nitrogen and oxygen atoms in total. The van der Waals surface area contributed by atoms with Crippen LogP contribution in [0.4, 0.5) is 19.4 Å². The van der Waals surface area contributed by atoms with Gasteiger partial charge in [0.2, 0.25) is 11.8 Å². The van der Waals surface area contributed by atoms with E-state index < -0.39 is 23.6 Å². The lowest BCUT2D eigenvalue weighted by atomic mass is 9.83. The van der Waals surface area contributed by atoms with Crippen molar-refractivity contribution in [2.45, 2.75) is 114 Å². The van der Waals surface area contributed by atoms with Crippen LogP contribution < -0.4 is 26.0 Å². The van der Waals surface area contributed by atoms with Crippen LogP contribution in [0.25, 0.3) is 44.0 Å². The Bertz CT molecular complexity index is 3430. The molecule has 0 aliphatic carbocycles. The number of benzene rings is 3. The summed E-state index contributed by atoms with van der Waals surface area (Å²) in [5.41, 5.74) is 3.19. The number of para-hydroxylation sites is 1. The minimum absolute atomic E-state index is 0.00718. The number of carbonyl (C=O) groups is 3. The van der Waals surface area contributed by atoms with Gasteiger partial charge < -0.3 is 24.6 Å². The van der Waals surface area contributed by atoms with Crippen LogP contribution in [0.5, 0.6) is 6.01 Å². The van der Waals surface area contributed by atoms with Crippen molar-refractivity contribution in [2.75, 3.05) is 71.0 Å². The number of methoxy groups -OCH3 is 1. The molecule has 7 aliphatic rings. The Hall–Kier alpha value is -7.01. The summed E-state index contributed by atoms with van der Waals surface area (Å²) in [6.07, 6.45) is 20.1. The summed E-state index contributed by atoms with van der Waals surface area (Å²) in [5, 5.41) is 7.73. The molecular formula is C60H69F2N11O6. The SMILES string of the molecule is C#Cc1c(F)ccc2cccc(-c3ncc4c(N5CC6CCC(C5)N6)nc(OCC56CCCN5CCC6)nc4c3F)c12.COC(=O)N1CCC(CC2CCN(Cc3cccc4c3n(C)c(=O)n4C3CCC(=O)NC3=O)CC2)CC1. The van der Waals surface area contributed by atoms with Crippen LogP contribution in [-0.4, -0.2) is 140 Å². The van der Waals surface area contributed by atoms with E-state index in [0.717, 1.165) is 140 Å². The van der Waals surface area contributed by atoms with Gasteiger partial charge in [0.1, 0.15) is 35.5 Å². The number of likely N-dealkylation sites (tertiary alicyclic amines) is 2. The zero-order chi connectivity index (χ0) is 54.5. The summed E-state index contributed by atoms with van der Waals surface area (Å²) >= 11 is 0. The lowest BCUT2D eigenvalue weighted by Gasteiger charge is -2.36. The van der Waals surface area contributed by atoms with Crippen molar-refractivity contribution >= 4 is 56.4 Å². The third kappa shape index (κ3) is 10.1. The molecule has 3 aromatic heterocycles. The quantitative estimate of drug-likeness (QED) is 0.103. The third-order valence-corrected chi connectivity index (χ3v) is 18.4. The van der Waals surface area contributed by atoms with E-state index in [-0.39, 0.29) is 52.4 Å². The number of hydrogen-bond acceptors (Lipinski definition) is 13. The van der Waals surface area contributed by atoms with Crippen molar-refractivity contribution in [3.8, 4) is 29.6 Å². The monoisotopic (exact) mass is 1080 g/mol. The predicted molar refractivity (Wildman–Crippen MR) is 296 cm³/mol. The van der Waals surface area contributed by atoms with Gasteiger partial charge in [0.05, 0.1) is 34.6 Å². The first-order chi connectivity index (χ1) is 38.4. The molecule has 3 atom stereocenters. The molecule has 2 bridgehead atoms. The average Bonchev–Trinajstić information content (AvgIpc) is 4.37. The lowest BCUT2D eigenvalue weighted by molar-refractivity contribution is -0.135. The number of halogens is 2. The molecule has 414 valence electrons. The molecule has 7 fully saturated rings. The molecule has 6 aromatic rings. The van der Waals surface area contributed by atoms with Crippen LogP contribution in [0.15, 0.2) is 59.5 Å². The summed E-state index contributed by atoms with van der Waals surface area (Å²) < 4.78 is 45.8. The molecule has 0 saturated carbocycles. The van der Waals surface area contributed by atoms with E-state index >= 15 is 4.39 Å². The Kier molecular flexibility index (Phi) is 14.6. The molecule has 0 radical (unpaired) electrons. The minimum atomic E-state index is -0.667. The summed E-state index contributed by atoms with van der Waals surface area (Å²) in [5.74, 6) is 2.66. The largest absolute Gasteiger partial charge is 0.461 e. The van der Waals surface area contributed by atoms with Gasteiger partial charge in [0.25, 0.3) is 0 Å². The van der Waals surface area contributed by atoms with Gasteiger partial charge in [-0.05, 0) is 138 Å². The number of nitrogens with zero attached hydrogens (tertiary/aromatic N) is 9. The van der Waals surface area contributed by atoms with Crippen LogP contribution in [0.3, 0.4) is 0 Å². The molecule has 3 unspecified atom stereocenters. The van der Waals surface area contributed by atoms with Crippen molar-refractivity contribution in [1.29, 1.82) is 0 Å². The van der Waals surface area contributed by atoms with Crippen LogP contribution in [0.1, 0.15) is 101 Å². The number of fused-ring (bicyclic) bond motifs is 6. The van der Waals surface area contributed by atoms with Gasteiger partial charge in [0.15, 0.2) is 5.82 Å². The van der Waals surface area contributed by atoms with Crippen LogP contribution in [-0.2, 0) is 27.9 Å². The second-order valence-electron chi connectivity index (χ2n) is 23.1. The number of rotatable bonds is 10. The van der Waals surface area contributed by atoms with E-state index in [4.69, 9.17) is 20.9 Å². The number of amides is 3. The topological polar surface area (TPSA) is 172 Å². The fourth-order valence-corrected chi connectivity index (χ4v) is 14.3. The van der Waals surface area contributed by atoms with Crippen molar-refractivity contribution in [2.24, 2.45) is 18.9 Å². The van der Waals surface area contributed by atoms with Crippen molar-refractivity contribution < 1.29 is 32.6 Å². The van der Waals surface area contributed by atoms with Gasteiger partial charge >= 0.3 is 17.8 Å². The van der Waals surface area contributed by atoms with E-state index in [9.17, 15) is 23.6 Å². The van der Waals surface area contributed by atoms with Crippen LogP contribution in [0.2, 0.25) is 0 Å². The molecule has 10 heterocycles. The standard InChI is InChI=1S/C33H32F2N6O.C27H37N5O5/c1-2-23-26(34)11-8-20-6-3-7-24(27(20)23)29-28(35)30-25(16-36-29)31(40-17-21-9-10-22(18-40)37-21)39-32(38-30)42-19-33-12-4-14-41(33)15-5-13-33;1-29-24-20(4-3-5-21(24)32(26(29)35)22-6-7-23(33)28-25(22)34)17-30-12-8-18(9-13-30)16-19-10-14-31(15-11-19)27(36)37-2/h1,3,6-8,11,16,21-22,37H,4-5,9-10,12-15,17-19H2;3-5,18-19,22H,6-17H2,1-2H3,(H,28,33,34). The zero-order valence-corrected chi connectivity index (χ0v) is 45.2. The van der Waals surface area contributed by atoms with Crippen molar-refractivity contribution in [3.05, 3.63) is 88.0 Å². The summed E-state index contributed by atoms with van der Waals surface area (Å²) in [7, 11) is 3.20. The molecule has 3 amide bonds. The number of imidazole rings is 1. The second kappa shape index (κ2) is 21.9. The number of pyridine rings is 1. The smallest absolute Gasteiger partial charge is 0.409 e. The molecule has 3 aromatic carbocycles. The maximum absolute atomic E-state index is 16.7. The van der Waals surface area contributed by atoms with Crippen molar-refractivity contribution in [1.82, 2.24) is 49.4 Å². The number of aryl methyl sites for hydroxylation is 1. The third-order valence-electron chi connectivity index (χ3n) is 18.4. The Morgan fingerprint density at radius 3 is 2.30 bits per heavy atom. The fourth-order valence-electron chi connectivity index (χ4n) is 14.3. The average molecular weight is 1080 g/mol. The van der Waals surface area contributed by atoms with E-state index in [1.807, 2.05) is 18.2 Å². The van der Waals surface area contributed by atoms with Gasteiger partial charge in [-0.25, -0.2) is 18.4 Å². The maximum atomic E-state index is 16.7. The first-order valence-electron chi connectivity index (χ1n) is 28.4. The minimum Gasteiger partial charge on any atom is -0.461 e. The summed E-state index contributed by atoms with van der Waals surface area (Å²) in [6.45, 7) is 8.58. The highest BCUT2D eigenvalue weighted by atomic mass is 19.1. The van der Waals surface area contributed by atoms with Crippen LogP contribution in [0, 0.1) is 35.8 Å². The first kappa shape index (κ1) is 52.7. The van der Waals surface area contributed by atoms with E-state index in [0.29, 0.717) is 64.5 Å². The van der Waals surface area contributed by atoms with Gasteiger partial charge in [-0.1, -0.05) is 42.3 Å². The van der Waals surface area contributed by atoms with Crippen LogP contribution >= 0.6 is 0 Å². The number of piperazine rings is 1. The number of ether oxygens (including phenoxy) is 2. The second-order valence-corrected chi connectivity index (χ2v) is 23.1. The summed E-state index contributed by atoms with van der Waals surface area (Å²) in [4.78, 5) is 72.2. The van der Waals surface area contributed by atoms with E-state index in [1.54, 1.807) is 45.5 Å². The Morgan fingerprint density at radius 1 is 0.873 bits per heavy atom. The Labute approximate surface area is 458 Å². The van der Waals surface area contributed by atoms with E-state index in [2.05, 4.69) is 47.3 Å². The maximum Gasteiger partial charge on any atom is 0.409 e. The summed E-state index contributed by atoms with van der Waals surface area (Å²) in [6, 6.07) is 14.5. The number of carbonyl (C=O) groups excluding carboxylic acids is 3. The predicted octanol–water partition coefficient (Wildman–Crippen LogP) is 7.45. The number of hydrogen-bond donors (Lipinski definition) is 2. The number of piperidine rings is 3. The first-order valence-corrected chi connectivity index (χ1v) is 28.4. The highest BCUT2D eigenvalue weighted by molar-refractivity contribution is 6.02. The molecule has 19 heteroatoms. The molecule has 79 heavy (non-hydrogen) atoms. The van der Waals surface area contributed by atoms with Crippen molar-refractivity contribution in [3.63, 3.8) is 0 Å². The van der Waals surface area contributed by atoms with Gasteiger partial charge in [0, 0.05) is 75.4 Å². The number of aromatic nitrogens is 5. The normalized spacial score (nSPS) is 22.7. The van der Waals surface area contributed by atoms with E-state index in [1.165, 1.54) is 19.6 Å². The fraction of sp³-hybridized carbons (Fsp3) is 0.517. The highest BCUT2D eigenvalue weighted by Gasteiger charge is 2.45. The lowest BCUT2D eigenvalue weighted by Crippen LogP contribution is -2.51. The molecule has 7 saturated heterocycles. The van der Waals surface area contributed by atoms with Gasteiger partial charge in [-0.3, -0.25) is 38.8 Å². The number of nitrogens with one attached hydrogen (secondary N) is 2. The molecular weight excluding hydrogens is 1010 g/mol. The highest BCUT2D eigenvalue weighted by Crippen LogP contribution is 2.41.